The van der Waals surface area contributed by atoms with E-state index in [4.69, 9.17) is 9.47 Å². The molecule has 0 aliphatic carbocycles. The second kappa shape index (κ2) is 8.77. The third kappa shape index (κ3) is 4.71. The van der Waals surface area contributed by atoms with Crippen LogP contribution < -0.4 is 14.2 Å². The number of amides is 1. The van der Waals surface area contributed by atoms with Gasteiger partial charge in [0.2, 0.25) is 0 Å². The van der Waals surface area contributed by atoms with Gasteiger partial charge in [-0.05, 0) is 50.2 Å². The van der Waals surface area contributed by atoms with Crippen molar-refractivity contribution in [3.05, 3.63) is 48.0 Å². The minimum Gasteiger partial charge on any atom is -0.493 e. The SMILES string of the molecule is CCN(CC)C(=O)c1ccc(NS(=O)(=O)c2ccc(OC)c(OC)c2)cc1. The molecular formula is C19H24N2O5S. The first-order valence-corrected chi connectivity index (χ1v) is 9.98. The molecular weight excluding hydrogens is 368 g/mol. The second-order valence-corrected chi connectivity index (χ2v) is 7.36. The van der Waals surface area contributed by atoms with E-state index in [1.54, 1.807) is 29.2 Å². The molecule has 0 aliphatic rings. The highest BCUT2D eigenvalue weighted by atomic mass is 32.2. The van der Waals surface area contributed by atoms with Gasteiger partial charge < -0.3 is 14.4 Å². The lowest BCUT2D eigenvalue weighted by atomic mass is 10.2. The number of hydrogen-bond donors (Lipinski definition) is 1. The number of nitrogens with zero attached hydrogens (tertiary/aromatic N) is 1. The molecule has 1 N–H and O–H groups in total. The van der Waals surface area contributed by atoms with Crippen molar-refractivity contribution in [1.29, 1.82) is 0 Å². The Morgan fingerprint density at radius 3 is 2.07 bits per heavy atom. The monoisotopic (exact) mass is 392 g/mol. The molecule has 0 heterocycles. The predicted molar refractivity (Wildman–Crippen MR) is 104 cm³/mol. The highest BCUT2D eigenvalue weighted by molar-refractivity contribution is 7.92. The zero-order valence-electron chi connectivity index (χ0n) is 15.9. The van der Waals surface area contributed by atoms with E-state index >= 15 is 0 Å². The minimum atomic E-state index is -3.81. The number of carbonyl (C=O) groups is 1. The van der Waals surface area contributed by atoms with Gasteiger partial charge >= 0.3 is 0 Å². The van der Waals surface area contributed by atoms with Crippen LogP contribution in [0.5, 0.6) is 11.5 Å². The Bertz CT molecular complexity index is 891. The number of hydrogen-bond acceptors (Lipinski definition) is 5. The Balaban J connectivity index is 2.22. The quantitative estimate of drug-likeness (QED) is 0.746. The van der Waals surface area contributed by atoms with E-state index in [0.717, 1.165) is 0 Å². The first-order valence-electron chi connectivity index (χ1n) is 8.50. The zero-order valence-corrected chi connectivity index (χ0v) is 16.7. The van der Waals surface area contributed by atoms with Crippen LogP contribution in [0.15, 0.2) is 47.4 Å². The van der Waals surface area contributed by atoms with Crippen molar-refractivity contribution in [2.75, 3.05) is 32.0 Å². The maximum absolute atomic E-state index is 12.6. The first-order chi connectivity index (χ1) is 12.9. The molecule has 7 nitrogen and oxygen atoms in total. The average Bonchev–Trinajstić information content (AvgIpc) is 2.68. The summed E-state index contributed by atoms with van der Waals surface area (Å²) in [5.74, 6) is 0.672. The van der Waals surface area contributed by atoms with Crippen LogP contribution in [0.4, 0.5) is 5.69 Å². The molecule has 2 rings (SSSR count). The number of benzene rings is 2. The van der Waals surface area contributed by atoms with Crippen molar-refractivity contribution in [2.24, 2.45) is 0 Å². The lowest BCUT2D eigenvalue weighted by molar-refractivity contribution is 0.0773. The van der Waals surface area contributed by atoms with Crippen molar-refractivity contribution in [3.8, 4) is 11.5 Å². The normalized spacial score (nSPS) is 11.0. The number of methoxy groups -OCH3 is 2. The van der Waals surface area contributed by atoms with Crippen LogP contribution >= 0.6 is 0 Å². The van der Waals surface area contributed by atoms with Crippen LogP contribution in [0.2, 0.25) is 0 Å². The first kappa shape index (κ1) is 20.6. The highest BCUT2D eigenvalue weighted by Crippen LogP contribution is 2.30. The molecule has 2 aromatic carbocycles. The summed E-state index contributed by atoms with van der Waals surface area (Å²) in [5.41, 5.74) is 0.869. The van der Waals surface area contributed by atoms with Gasteiger partial charge in [-0.15, -0.1) is 0 Å². The Morgan fingerprint density at radius 2 is 1.56 bits per heavy atom. The molecule has 0 bridgehead atoms. The van der Waals surface area contributed by atoms with E-state index in [1.807, 2.05) is 13.8 Å². The van der Waals surface area contributed by atoms with E-state index in [2.05, 4.69) is 4.72 Å². The fraction of sp³-hybridized carbons (Fsp3) is 0.316. The minimum absolute atomic E-state index is 0.0449. The van der Waals surface area contributed by atoms with Gasteiger partial charge in [0.05, 0.1) is 19.1 Å². The summed E-state index contributed by atoms with van der Waals surface area (Å²) in [4.78, 5) is 14.1. The Morgan fingerprint density at radius 1 is 0.963 bits per heavy atom. The summed E-state index contributed by atoms with van der Waals surface area (Å²) < 4.78 is 38.0. The number of sulfonamides is 1. The largest absolute Gasteiger partial charge is 0.493 e. The van der Waals surface area contributed by atoms with E-state index in [-0.39, 0.29) is 10.8 Å². The lowest BCUT2D eigenvalue weighted by Crippen LogP contribution is -2.30. The summed E-state index contributed by atoms with van der Waals surface area (Å²) in [6.07, 6.45) is 0. The third-order valence-electron chi connectivity index (χ3n) is 4.10. The molecule has 0 aliphatic heterocycles. The second-order valence-electron chi connectivity index (χ2n) is 5.68. The van der Waals surface area contributed by atoms with Gasteiger partial charge in [-0.3, -0.25) is 9.52 Å². The van der Waals surface area contributed by atoms with Crippen molar-refractivity contribution in [1.82, 2.24) is 4.90 Å². The molecule has 0 saturated carbocycles. The number of ether oxygens (including phenoxy) is 2. The maximum Gasteiger partial charge on any atom is 0.262 e. The molecule has 0 spiro atoms. The molecule has 0 unspecified atom stereocenters. The summed E-state index contributed by atoms with van der Waals surface area (Å²) in [6, 6.07) is 10.7. The van der Waals surface area contributed by atoms with Crippen LogP contribution in [0.1, 0.15) is 24.2 Å². The highest BCUT2D eigenvalue weighted by Gasteiger charge is 2.18. The van der Waals surface area contributed by atoms with E-state index in [0.29, 0.717) is 35.8 Å². The standard InChI is InChI=1S/C19H24N2O5S/c1-5-21(6-2)19(22)14-7-9-15(10-8-14)20-27(23,24)16-11-12-17(25-3)18(13-16)26-4/h7-13,20H,5-6H2,1-4H3. The molecule has 1 amide bonds. The predicted octanol–water partition coefficient (Wildman–Crippen LogP) is 2.99. The van der Waals surface area contributed by atoms with Gasteiger partial charge in [0.25, 0.3) is 15.9 Å². The van der Waals surface area contributed by atoms with Crippen LogP contribution in [0.3, 0.4) is 0 Å². The fourth-order valence-electron chi connectivity index (χ4n) is 2.57. The molecule has 2 aromatic rings. The van der Waals surface area contributed by atoms with Crippen molar-refractivity contribution in [3.63, 3.8) is 0 Å². The smallest absolute Gasteiger partial charge is 0.262 e. The number of anilines is 1. The topological polar surface area (TPSA) is 84.9 Å². The van der Waals surface area contributed by atoms with E-state index < -0.39 is 10.0 Å². The summed E-state index contributed by atoms with van der Waals surface area (Å²) >= 11 is 0. The maximum atomic E-state index is 12.6. The Labute approximate surface area is 160 Å². The molecule has 27 heavy (non-hydrogen) atoms. The molecule has 146 valence electrons. The van der Waals surface area contributed by atoms with Gasteiger partial charge in [0.1, 0.15) is 0 Å². The molecule has 0 aromatic heterocycles. The molecule has 0 radical (unpaired) electrons. The van der Waals surface area contributed by atoms with Crippen LogP contribution in [-0.4, -0.2) is 46.5 Å². The van der Waals surface area contributed by atoms with Gasteiger partial charge in [-0.2, -0.15) is 0 Å². The summed E-state index contributed by atoms with van der Waals surface area (Å²) in [5, 5.41) is 0. The van der Waals surface area contributed by atoms with Gasteiger partial charge in [-0.1, -0.05) is 0 Å². The van der Waals surface area contributed by atoms with Crippen molar-refractivity contribution in [2.45, 2.75) is 18.7 Å². The van der Waals surface area contributed by atoms with Gasteiger partial charge in [-0.25, -0.2) is 8.42 Å². The van der Waals surface area contributed by atoms with Crippen molar-refractivity contribution >= 4 is 21.6 Å². The van der Waals surface area contributed by atoms with Crippen molar-refractivity contribution < 1.29 is 22.7 Å². The molecule has 8 heteroatoms. The summed E-state index contributed by atoms with van der Waals surface area (Å²) in [6.45, 7) is 5.05. The zero-order chi connectivity index (χ0) is 20.0. The number of nitrogens with one attached hydrogen (secondary N) is 1. The summed E-state index contributed by atoms with van der Waals surface area (Å²) in [7, 11) is -0.895. The fourth-order valence-corrected chi connectivity index (χ4v) is 3.65. The van der Waals surface area contributed by atoms with Crippen LogP contribution in [0.25, 0.3) is 0 Å². The van der Waals surface area contributed by atoms with Gasteiger partial charge in [0, 0.05) is 30.4 Å². The lowest BCUT2D eigenvalue weighted by Gasteiger charge is -2.18. The average molecular weight is 392 g/mol. The van der Waals surface area contributed by atoms with Gasteiger partial charge in [0.15, 0.2) is 11.5 Å². The third-order valence-corrected chi connectivity index (χ3v) is 5.48. The van der Waals surface area contributed by atoms with Crippen LogP contribution in [-0.2, 0) is 10.0 Å². The van der Waals surface area contributed by atoms with E-state index in [1.165, 1.54) is 32.4 Å². The molecule has 0 atom stereocenters. The molecule has 0 fully saturated rings. The Kier molecular flexibility index (Phi) is 6.68. The van der Waals surface area contributed by atoms with Crippen LogP contribution in [0, 0.1) is 0 Å². The number of carbonyl (C=O) groups excluding carboxylic acids is 1. The van der Waals surface area contributed by atoms with E-state index in [9.17, 15) is 13.2 Å². The number of rotatable bonds is 8. The molecule has 0 saturated heterocycles. The Hall–Kier alpha value is -2.74.